The van der Waals surface area contributed by atoms with Crippen molar-refractivity contribution in [1.29, 1.82) is 0 Å². The number of amides is 4. The predicted molar refractivity (Wildman–Crippen MR) is 74.5 cm³/mol. The van der Waals surface area contributed by atoms with Crippen LogP contribution in [0.4, 0.5) is 4.79 Å². The van der Waals surface area contributed by atoms with Crippen LogP contribution in [0.3, 0.4) is 0 Å². The average Bonchev–Trinajstić information content (AvgIpc) is 2.61. The summed E-state index contributed by atoms with van der Waals surface area (Å²) in [5, 5.41) is 16.5. The molecule has 1 aromatic rings. The minimum atomic E-state index is -0.698. The average molecular weight is 291 g/mol. The molecule has 21 heavy (non-hydrogen) atoms. The van der Waals surface area contributed by atoms with Gasteiger partial charge in [0.1, 0.15) is 11.8 Å². The second kappa shape index (κ2) is 6.74. The number of phenolic OH excluding ortho intramolecular Hbond substituents is 1. The van der Waals surface area contributed by atoms with Gasteiger partial charge in [-0.3, -0.25) is 14.9 Å². The molecule has 0 radical (unpaired) electrons. The molecule has 7 nitrogen and oxygen atoms in total. The fourth-order valence-corrected chi connectivity index (χ4v) is 2.04. The van der Waals surface area contributed by atoms with Gasteiger partial charge in [-0.2, -0.15) is 0 Å². The number of benzene rings is 1. The standard InChI is InChI=1S/C14H17N3O4/c18-10-3-1-9(2-4-10)7-8-15-13(20)11-5-6-12(19)17-14(21)16-11/h1-4,11,18H,5-8H2,(H,15,20)(H2,16,17,19,21)/t11-/m1/s1. The molecule has 0 aromatic heterocycles. The van der Waals surface area contributed by atoms with Gasteiger partial charge in [-0.15, -0.1) is 0 Å². The minimum Gasteiger partial charge on any atom is -0.508 e. The highest BCUT2D eigenvalue weighted by molar-refractivity contribution is 5.98. The molecule has 0 unspecified atom stereocenters. The first kappa shape index (κ1) is 14.8. The van der Waals surface area contributed by atoms with E-state index in [1.54, 1.807) is 24.3 Å². The quantitative estimate of drug-likeness (QED) is 0.628. The van der Waals surface area contributed by atoms with Gasteiger partial charge in [0.25, 0.3) is 0 Å². The van der Waals surface area contributed by atoms with Crippen LogP contribution in [-0.4, -0.2) is 35.5 Å². The van der Waals surface area contributed by atoms with Gasteiger partial charge in [-0.05, 0) is 30.5 Å². The van der Waals surface area contributed by atoms with Gasteiger partial charge in [0.2, 0.25) is 11.8 Å². The predicted octanol–water partition coefficient (Wildman–Crippen LogP) is 0.0391. The molecule has 112 valence electrons. The van der Waals surface area contributed by atoms with Crippen LogP contribution in [0.25, 0.3) is 0 Å². The molecule has 0 aliphatic carbocycles. The molecule has 7 heteroatoms. The maximum absolute atomic E-state index is 11.9. The summed E-state index contributed by atoms with van der Waals surface area (Å²) in [6, 6.07) is 5.38. The lowest BCUT2D eigenvalue weighted by Gasteiger charge is -2.14. The van der Waals surface area contributed by atoms with E-state index in [0.717, 1.165) is 5.56 Å². The molecule has 4 N–H and O–H groups in total. The monoisotopic (exact) mass is 291 g/mol. The molecule has 1 fully saturated rings. The molecule has 1 saturated heterocycles. The molecule has 1 aliphatic heterocycles. The largest absolute Gasteiger partial charge is 0.508 e. The third kappa shape index (κ3) is 4.48. The van der Waals surface area contributed by atoms with Crippen molar-refractivity contribution in [1.82, 2.24) is 16.0 Å². The number of carbonyl (C=O) groups excluding carboxylic acids is 3. The van der Waals surface area contributed by atoms with Crippen molar-refractivity contribution < 1.29 is 19.5 Å². The van der Waals surface area contributed by atoms with Crippen molar-refractivity contribution in [2.45, 2.75) is 25.3 Å². The smallest absolute Gasteiger partial charge is 0.322 e. The number of nitrogens with one attached hydrogen (secondary N) is 3. The van der Waals surface area contributed by atoms with E-state index in [0.29, 0.717) is 13.0 Å². The fraction of sp³-hybridized carbons (Fsp3) is 0.357. The summed E-state index contributed by atoms with van der Waals surface area (Å²) < 4.78 is 0. The van der Waals surface area contributed by atoms with Gasteiger partial charge in [-0.1, -0.05) is 12.1 Å². The third-order valence-corrected chi connectivity index (χ3v) is 3.18. The third-order valence-electron chi connectivity index (χ3n) is 3.18. The lowest BCUT2D eigenvalue weighted by molar-refractivity contribution is -0.123. The van der Waals surface area contributed by atoms with E-state index in [4.69, 9.17) is 0 Å². The van der Waals surface area contributed by atoms with Gasteiger partial charge in [0.05, 0.1) is 0 Å². The summed E-state index contributed by atoms with van der Waals surface area (Å²) in [5.74, 6) is -0.494. The Morgan fingerprint density at radius 1 is 1.29 bits per heavy atom. The van der Waals surface area contributed by atoms with Crippen molar-refractivity contribution in [3.8, 4) is 5.75 Å². The number of phenols is 1. The number of hydrogen-bond acceptors (Lipinski definition) is 4. The summed E-state index contributed by atoms with van der Waals surface area (Å²) in [4.78, 5) is 34.4. The minimum absolute atomic E-state index is 0.134. The van der Waals surface area contributed by atoms with Crippen LogP contribution >= 0.6 is 0 Å². The van der Waals surface area contributed by atoms with Gasteiger partial charge in [0, 0.05) is 13.0 Å². The summed E-state index contributed by atoms with van der Waals surface area (Å²) in [6.45, 7) is 0.414. The highest BCUT2D eigenvalue weighted by atomic mass is 16.3. The van der Waals surface area contributed by atoms with E-state index >= 15 is 0 Å². The maximum atomic E-state index is 11.9. The fourth-order valence-electron chi connectivity index (χ4n) is 2.04. The normalized spacial score (nSPS) is 18.4. The molecule has 1 aromatic carbocycles. The first-order valence-corrected chi connectivity index (χ1v) is 6.70. The number of hydrogen-bond donors (Lipinski definition) is 4. The lowest BCUT2D eigenvalue weighted by Crippen LogP contribution is -2.48. The highest BCUT2D eigenvalue weighted by Gasteiger charge is 2.25. The van der Waals surface area contributed by atoms with Crippen molar-refractivity contribution >= 4 is 17.8 Å². The zero-order chi connectivity index (χ0) is 15.2. The second-order valence-electron chi connectivity index (χ2n) is 4.82. The zero-order valence-electron chi connectivity index (χ0n) is 11.4. The van der Waals surface area contributed by atoms with Gasteiger partial charge >= 0.3 is 6.03 Å². The van der Waals surface area contributed by atoms with E-state index < -0.39 is 12.1 Å². The van der Waals surface area contributed by atoms with Gasteiger partial charge < -0.3 is 15.7 Å². The van der Waals surface area contributed by atoms with Crippen LogP contribution in [-0.2, 0) is 16.0 Å². The van der Waals surface area contributed by atoms with Crippen LogP contribution in [0, 0.1) is 0 Å². The molecule has 1 atom stereocenters. The Morgan fingerprint density at radius 3 is 2.71 bits per heavy atom. The van der Waals surface area contributed by atoms with Crippen molar-refractivity contribution in [2.75, 3.05) is 6.54 Å². The number of carbonyl (C=O) groups is 3. The summed E-state index contributed by atoms with van der Waals surface area (Å²) in [5.41, 5.74) is 0.981. The Hall–Kier alpha value is -2.57. The van der Waals surface area contributed by atoms with Gasteiger partial charge in [0.15, 0.2) is 0 Å². The number of imide groups is 1. The molecule has 0 saturated carbocycles. The molecule has 1 aliphatic rings. The lowest BCUT2D eigenvalue weighted by atomic mass is 10.1. The van der Waals surface area contributed by atoms with Crippen LogP contribution in [0.15, 0.2) is 24.3 Å². The maximum Gasteiger partial charge on any atom is 0.322 e. The Balaban J connectivity index is 1.79. The number of urea groups is 1. The van der Waals surface area contributed by atoms with E-state index in [9.17, 15) is 19.5 Å². The van der Waals surface area contributed by atoms with E-state index in [1.807, 2.05) is 0 Å². The molecule has 0 bridgehead atoms. The summed E-state index contributed by atoms with van der Waals surface area (Å²) >= 11 is 0. The Morgan fingerprint density at radius 2 is 2.00 bits per heavy atom. The Kier molecular flexibility index (Phi) is 4.76. The van der Waals surface area contributed by atoms with Crippen molar-refractivity contribution in [3.63, 3.8) is 0 Å². The summed E-state index contributed by atoms with van der Waals surface area (Å²) in [6.07, 6.45) is 1.03. The molecule has 0 spiro atoms. The molecule has 4 amide bonds. The number of rotatable bonds is 4. The van der Waals surface area contributed by atoms with Crippen molar-refractivity contribution in [2.24, 2.45) is 0 Å². The second-order valence-corrected chi connectivity index (χ2v) is 4.82. The zero-order valence-corrected chi connectivity index (χ0v) is 11.4. The van der Waals surface area contributed by atoms with Crippen LogP contribution in [0.1, 0.15) is 18.4 Å². The molecular weight excluding hydrogens is 274 g/mol. The molecule has 1 heterocycles. The van der Waals surface area contributed by atoms with E-state index in [2.05, 4.69) is 16.0 Å². The van der Waals surface area contributed by atoms with E-state index in [-0.39, 0.29) is 30.4 Å². The van der Waals surface area contributed by atoms with Crippen LogP contribution in [0.5, 0.6) is 5.75 Å². The highest BCUT2D eigenvalue weighted by Crippen LogP contribution is 2.09. The first-order chi connectivity index (χ1) is 10.0. The molecular formula is C14H17N3O4. The topological polar surface area (TPSA) is 108 Å². The SMILES string of the molecule is O=C1CC[C@H](C(=O)NCCc2ccc(O)cc2)NC(=O)N1. The Bertz CT molecular complexity index is 542. The first-order valence-electron chi connectivity index (χ1n) is 6.70. The van der Waals surface area contributed by atoms with Gasteiger partial charge in [-0.25, -0.2) is 4.79 Å². The number of aromatic hydroxyl groups is 1. The summed E-state index contributed by atoms with van der Waals surface area (Å²) in [7, 11) is 0. The Labute approximate surface area is 121 Å². The van der Waals surface area contributed by atoms with Crippen LogP contribution in [0.2, 0.25) is 0 Å². The van der Waals surface area contributed by atoms with E-state index in [1.165, 1.54) is 0 Å². The molecule has 2 rings (SSSR count). The van der Waals surface area contributed by atoms with Crippen LogP contribution < -0.4 is 16.0 Å². The van der Waals surface area contributed by atoms with Crippen molar-refractivity contribution in [3.05, 3.63) is 29.8 Å².